The minimum Gasteiger partial charge on any atom is -0.443 e. The average Bonchev–Trinajstić information content (AvgIpc) is 2.88. The molecule has 0 saturated heterocycles. The van der Waals surface area contributed by atoms with Crippen molar-refractivity contribution in [3.8, 4) is 0 Å². The van der Waals surface area contributed by atoms with Gasteiger partial charge in [0, 0.05) is 6.54 Å². The van der Waals surface area contributed by atoms with Crippen LogP contribution in [-0.4, -0.2) is 34.1 Å². The van der Waals surface area contributed by atoms with Crippen molar-refractivity contribution in [3.63, 3.8) is 0 Å². The summed E-state index contributed by atoms with van der Waals surface area (Å²) in [5, 5.41) is 4.35. The normalized spacial score (nSPS) is 14.5. The van der Waals surface area contributed by atoms with Crippen LogP contribution in [0.1, 0.15) is 44.0 Å². The number of carbonyl (C=O) groups excluding carboxylic acids is 1. The van der Waals surface area contributed by atoms with Gasteiger partial charge in [0.05, 0.1) is 23.8 Å². The smallest absolute Gasteiger partial charge is 0.414 e. The summed E-state index contributed by atoms with van der Waals surface area (Å²) in [5.74, 6) is 0.354. The predicted molar refractivity (Wildman–Crippen MR) is 103 cm³/mol. The molecule has 0 spiro atoms. The summed E-state index contributed by atoms with van der Waals surface area (Å²) in [6, 6.07) is 5.93. The SMILES string of the molecule is Cc1cn(N=Cc2ccc3c(c2)CCCN3C(=O)OC(C)(C)C)c(N)n1. The first-order chi connectivity index (χ1) is 12.2. The topological polar surface area (TPSA) is 85.7 Å². The number of amides is 1. The van der Waals surface area contributed by atoms with Gasteiger partial charge in [0.15, 0.2) is 0 Å². The highest BCUT2D eigenvalue weighted by Gasteiger charge is 2.27. The summed E-state index contributed by atoms with van der Waals surface area (Å²) in [4.78, 5) is 18.3. The number of aromatic nitrogens is 2. The highest BCUT2D eigenvalue weighted by molar-refractivity contribution is 5.91. The molecule has 0 atom stereocenters. The van der Waals surface area contributed by atoms with Crippen LogP contribution < -0.4 is 10.6 Å². The lowest BCUT2D eigenvalue weighted by Crippen LogP contribution is -2.39. The Morgan fingerprint density at radius 1 is 1.38 bits per heavy atom. The quantitative estimate of drug-likeness (QED) is 0.837. The molecule has 7 heteroatoms. The number of nitrogen functional groups attached to an aromatic ring is 1. The summed E-state index contributed by atoms with van der Waals surface area (Å²) < 4.78 is 7.07. The molecule has 26 heavy (non-hydrogen) atoms. The monoisotopic (exact) mass is 355 g/mol. The van der Waals surface area contributed by atoms with E-state index in [-0.39, 0.29) is 6.09 Å². The fraction of sp³-hybridized carbons (Fsp3) is 0.421. The molecule has 1 aromatic carbocycles. The van der Waals surface area contributed by atoms with Crippen LogP contribution in [0.2, 0.25) is 0 Å². The van der Waals surface area contributed by atoms with Gasteiger partial charge < -0.3 is 10.5 Å². The average molecular weight is 355 g/mol. The number of nitrogens with two attached hydrogens (primary N) is 1. The first kappa shape index (κ1) is 18.0. The van der Waals surface area contributed by atoms with Crippen LogP contribution in [0.5, 0.6) is 0 Å². The number of imidazole rings is 1. The van der Waals surface area contributed by atoms with Crippen molar-refractivity contribution in [1.29, 1.82) is 0 Å². The van der Waals surface area contributed by atoms with Crippen LogP contribution in [0.15, 0.2) is 29.5 Å². The maximum Gasteiger partial charge on any atom is 0.414 e. The first-order valence-corrected chi connectivity index (χ1v) is 8.72. The Kier molecular flexibility index (Phi) is 4.71. The summed E-state index contributed by atoms with van der Waals surface area (Å²) >= 11 is 0. The highest BCUT2D eigenvalue weighted by atomic mass is 16.6. The number of hydrogen-bond acceptors (Lipinski definition) is 5. The highest BCUT2D eigenvalue weighted by Crippen LogP contribution is 2.29. The van der Waals surface area contributed by atoms with Crippen LogP contribution in [0.25, 0.3) is 0 Å². The molecule has 3 rings (SSSR count). The molecule has 2 aromatic rings. The Bertz CT molecular complexity index is 848. The lowest BCUT2D eigenvalue weighted by molar-refractivity contribution is 0.0578. The van der Waals surface area contributed by atoms with E-state index in [0.29, 0.717) is 12.5 Å². The zero-order chi connectivity index (χ0) is 18.9. The number of fused-ring (bicyclic) bond motifs is 1. The standard InChI is InChI=1S/C19H25N5O2/c1-13-12-24(17(20)22-13)21-11-14-7-8-16-15(10-14)6-5-9-23(16)18(25)26-19(2,3)4/h7-8,10-12H,5-6,9H2,1-4H3,(H2,20,22). The number of nitrogens with zero attached hydrogens (tertiary/aromatic N) is 4. The van der Waals surface area contributed by atoms with Gasteiger partial charge in [-0.1, -0.05) is 6.07 Å². The number of rotatable bonds is 2. The Hall–Kier alpha value is -2.83. The fourth-order valence-corrected chi connectivity index (χ4v) is 2.93. The zero-order valence-corrected chi connectivity index (χ0v) is 15.7. The van der Waals surface area contributed by atoms with Crippen molar-refractivity contribution in [2.24, 2.45) is 5.10 Å². The summed E-state index contributed by atoms with van der Waals surface area (Å²) in [5.41, 5.74) is 9.07. The second-order valence-corrected chi connectivity index (χ2v) is 7.45. The minimum atomic E-state index is -0.510. The van der Waals surface area contributed by atoms with E-state index in [0.717, 1.165) is 35.3 Å². The molecule has 2 heterocycles. The molecule has 138 valence electrons. The van der Waals surface area contributed by atoms with Gasteiger partial charge in [-0.3, -0.25) is 4.90 Å². The first-order valence-electron chi connectivity index (χ1n) is 8.72. The maximum atomic E-state index is 12.5. The molecule has 0 aliphatic carbocycles. The molecule has 0 bridgehead atoms. The second kappa shape index (κ2) is 6.82. The Balaban J connectivity index is 1.82. The van der Waals surface area contributed by atoms with Gasteiger partial charge in [0.25, 0.3) is 0 Å². The van der Waals surface area contributed by atoms with Crippen LogP contribution in [-0.2, 0) is 11.2 Å². The number of ether oxygens (including phenoxy) is 1. The number of hydrogen-bond donors (Lipinski definition) is 1. The molecule has 0 unspecified atom stereocenters. The maximum absolute atomic E-state index is 12.5. The van der Waals surface area contributed by atoms with Crippen LogP contribution >= 0.6 is 0 Å². The summed E-state index contributed by atoms with van der Waals surface area (Å²) in [7, 11) is 0. The van der Waals surface area contributed by atoms with E-state index in [2.05, 4.69) is 16.2 Å². The van der Waals surface area contributed by atoms with Crippen molar-refractivity contribution in [1.82, 2.24) is 9.66 Å². The van der Waals surface area contributed by atoms with Crippen molar-refractivity contribution in [3.05, 3.63) is 41.2 Å². The van der Waals surface area contributed by atoms with Gasteiger partial charge in [-0.05, 0) is 63.8 Å². The van der Waals surface area contributed by atoms with Gasteiger partial charge >= 0.3 is 6.09 Å². The second-order valence-electron chi connectivity index (χ2n) is 7.45. The van der Waals surface area contributed by atoms with Crippen molar-refractivity contribution < 1.29 is 9.53 Å². The molecule has 0 fully saturated rings. The van der Waals surface area contributed by atoms with E-state index in [4.69, 9.17) is 10.5 Å². The third kappa shape index (κ3) is 4.04. The molecule has 1 aliphatic rings. The molecular formula is C19H25N5O2. The summed E-state index contributed by atoms with van der Waals surface area (Å²) in [6.07, 6.45) is 5.03. The molecule has 1 aliphatic heterocycles. The molecule has 0 radical (unpaired) electrons. The van der Waals surface area contributed by atoms with Gasteiger partial charge in [0.2, 0.25) is 5.95 Å². The van der Waals surface area contributed by atoms with E-state index in [1.807, 2.05) is 39.8 Å². The number of carbonyl (C=O) groups is 1. The number of aryl methyl sites for hydroxylation is 2. The zero-order valence-electron chi connectivity index (χ0n) is 15.7. The summed E-state index contributed by atoms with van der Waals surface area (Å²) in [6.45, 7) is 8.16. The Morgan fingerprint density at radius 2 is 2.15 bits per heavy atom. The third-order valence-corrected chi connectivity index (χ3v) is 4.00. The van der Waals surface area contributed by atoms with Crippen LogP contribution in [0, 0.1) is 6.92 Å². The van der Waals surface area contributed by atoms with E-state index in [9.17, 15) is 4.79 Å². The molecule has 1 amide bonds. The van der Waals surface area contributed by atoms with E-state index >= 15 is 0 Å². The predicted octanol–water partition coefficient (Wildman–Crippen LogP) is 3.34. The van der Waals surface area contributed by atoms with Crippen LogP contribution in [0.3, 0.4) is 0 Å². The Morgan fingerprint density at radius 3 is 2.81 bits per heavy atom. The molecule has 1 aromatic heterocycles. The van der Waals surface area contributed by atoms with E-state index < -0.39 is 5.60 Å². The Labute approximate surface area is 153 Å². The van der Waals surface area contributed by atoms with Crippen molar-refractivity contribution in [2.75, 3.05) is 17.2 Å². The van der Waals surface area contributed by atoms with Crippen molar-refractivity contribution >= 4 is 23.9 Å². The van der Waals surface area contributed by atoms with Gasteiger partial charge in [-0.15, -0.1) is 0 Å². The molecular weight excluding hydrogens is 330 g/mol. The van der Waals surface area contributed by atoms with Crippen LogP contribution in [0.4, 0.5) is 16.4 Å². The molecule has 7 nitrogen and oxygen atoms in total. The van der Waals surface area contributed by atoms with E-state index in [1.165, 1.54) is 0 Å². The van der Waals surface area contributed by atoms with Gasteiger partial charge in [-0.2, -0.15) is 5.10 Å². The molecule has 0 saturated carbocycles. The van der Waals surface area contributed by atoms with Crippen molar-refractivity contribution in [2.45, 2.75) is 46.1 Å². The van der Waals surface area contributed by atoms with E-state index in [1.54, 1.807) is 22.0 Å². The third-order valence-electron chi connectivity index (χ3n) is 4.00. The fourth-order valence-electron chi connectivity index (χ4n) is 2.93. The largest absolute Gasteiger partial charge is 0.443 e. The molecule has 2 N–H and O–H groups in total. The number of anilines is 2. The van der Waals surface area contributed by atoms with Gasteiger partial charge in [0.1, 0.15) is 5.60 Å². The lowest BCUT2D eigenvalue weighted by atomic mass is 10.00. The van der Waals surface area contributed by atoms with Gasteiger partial charge in [-0.25, -0.2) is 14.5 Å². The number of benzene rings is 1. The minimum absolute atomic E-state index is 0.304. The lowest BCUT2D eigenvalue weighted by Gasteiger charge is -2.31.